The Hall–Kier alpha value is -3.36. The Labute approximate surface area is 154 Å². The zero-order chi connectivity index (χ0) is 19.8. The maximum absolute atomic E-state index is 12.2. The minimum Gasteiger partial charge on any atom is -0.497 e. The topological polar surface area (TPSA) is 85.9 Å². The summed E-state index contributed by atoms with van der Waals surface area (Å²) in [7, 11) is 2.96. The maximum Gasteiger partial charge on any atom is 0.387 e. The summed E-state index contributed by atoms with van der Waals surface area (Å²) in [5.74, 6) is -0.258. The second-order valence-electron chi connectivity index (χ2n) is 5.24. The van der Waals surface area contributed by atoms with Crippen molar-refractivity contribution in [2.45, 2.75) is 6.61 Å². The van der Waals surface area contributed by atoms with Crippen LogP contribution in [-0.4, -0.2) is 39.2 Å². The van der Waals surface area contributed by atoms with Gasteiger partial charge >= 0.3 is 6.61 Å². The number of anilines is 1. The van der Waals surface area contributed by atoms with Crippen LogP contribution in [0.2, 0.25) is 0 Å². The van der Waals surface area contributed by atoms with Crippen molar-refractivity contribution in [1.29, 1.82) is 0 Å². The smallest absolute Gasteiger partial charge is 0.387 e. The van der Waals surface area contributed by atoms with Gasteiger partial charge in [-0.3, -0.25) is 9.59 Å². The summed E-state index contributed by atoms with van der Waals surface area (Å²) in [6.45, 7) is -3.31. The van der Waals surface area contributed by atoms with Gasteiger partial charge in [-0.15, -0.1) is 0 Å². The molecular weight excluding hydrogens is 362 g/mol. The molecular formula is C18H18F2N2O5. The quantitative estimate of drug-likeness (QED) is 0.735. The van der Waals surface area contributed by atoms with Gasteiger partial charge in [-0.1, -0.05) is 6.07 Å². The zero-order valence-corrected chi connectivity index (χ0v) is 14.6. The molecule has 0 saturated heterocycles. The highest BCUT2D eigenvalue weighted by molar-refractivity contribution is 5.99. The first-order valence-electron chi connectivity index (χ1n) is 7.77. The second-order valence-corrected chi connectivity index (χ2v) is 5.24. The molecule has 0 fully saturated rings. The van der Waals surface area contributed by atoms with Crippen molar-refractivity contribution in [3.05, 3.63) is 48.0 Å². The molecule has 0 atom stereocenters. The number of nitrogens with one attached hydrogen (secondary N) is 2. The number of carbonyl (C=O) groups excluding carboxylic acids is 2. The van der Waals surface area contributed by atoms with Crippen LogP contribution in [0.5, 0.6) is 17.2 Å². The van der Waals surface area contributed by atoms with Crippen LogP contribution in [0.15, 0.2) is 42.5 Å². The van der Waals surface area contributed by atoms with Gasteiger partial charge in [0.2, 0.25) is 5.91 Å². The number of amides is 2. The Bertz CT molecular complexity index is 792. The Morgan fingerprint density at radius 3 is 2.26 bits per heavy atom. The minimum atomic E-state index is -2.99. The van der Waals surface area contributed by atoms with Crippen molar-refractivity contribution < 1.29 is 32.6 Å². The van der Waals surface area contributed by atoms with Gasteiger partial charge in [0.25, 0.3) is 5.91 Å². The first-order chi connectivity index (χ1) is 12.9. The number of carbonyl (C=O) groups is 2. The molecule has 2 N–H and O–H groups in total. The summed E-state index contributed by atoms with van der Waals surface area (Å²) >= 11 is 0. The number of ether oxygens (including phenoxy) is 3. The summed E-state index contributed by atoms with van der Waals surface area (Å²) in [6.07, 6.45) is 0. The van der Waals surface area contributed by atoms with Crippen LogP contribution in [0.4, 0.5) is 14.5 Å². The van der Waals surface area contributed by atoms with Crippen LogP contribution in [-0.2, 0) is 4.79 Å². The van der Waals surface area contributed by atoms with Gasteiger partial charge in [-0.05, 0) is 18.2 Å². The van der Waals surface area contributed by atoms with E-state index in [-0.39, 0.29) is 17.9 Å². The van der Waals surface area contributed by atoms with E-state index in [9.17, 15) is 18.4 Å². The molecule has 2 aromatic carbocycles. The number of hydrogen-bond acceptors (Lipinski definition) is 5. The molecule has 144 valence electrons. The summed E-state index contributed by atoms with van der Waals surface area (Å²) in [5, 5.41) is 5.00. The van der Waals surface area contributed by atoms with Crippen LogP contribution in [0.25, 0.3) is 0 Å². The van der Waals surface area contributed by atoms with E-state index in [1.165, 1.54) is 32.4 Å². The second kappa shape index (κ2) is 9.37. The lowest BCUT2D eigenvalue weighted by atomic mass is 10.2. The highest BCUT2D eigenvalue weighted by Gasteiger charge is 2.12. The molecule has 9 heteroatoms. The lowest BCUT2D eigenvalue weighted by Gasteiger charge is -2.11. The molecule has 0 aromatic heterocycles. The van der Waals surface area contributed by atoms with Gasteiger partial charge in [0.05, 0.1) is 20.8 Å². The SMILES string of the molecule is COc1cc(NC(=O)CNC(=O)c2cccc(OC(F)F)c2)cc(OC)c1. The predicted octanol–water partition coefficient (Wildman–Crippen LogP) is 2.67. The highest BCUT2D eigenvalue weighted by atomic mass is 19.3. The van der Waals surface area contributed by atoms with Gasteiger partial charge in [-0.2, -0.15) is 8.78 Å². The van der Waals surface area contributed by atoms with Crippen molar-refractivity contribution in [2.24, 2.45) is 0 Å². The lowest BCUT2D eigenvalue weighted by Crippen LogP contribution is -2.32. The third-order valence-corrected chi connectivity index (χ3v) is 3.37. The summed E-state index contributed by atoms with van der Waals surface area (Å²) < 4.78 is 38.9. The van der Waals surface area contributed by atoms with Gasteiger partial charge in [0, 0.05) is 29.4 Å². The first-order valence-corrected chi connectivity index (χ1v) is 7.77. The molecule has 0 spiro atoms. The Balaban J connectivity index is 1.94. The number of methoxy groups -OCH3 is 2. The Morgan fingerprint density at radius 2 is 1.67 bits per heavy atom. The molecule has 0 aliphatic heterocycles. The molecule has 2 amide bonds. The van der Waals surface area contributed by atoms with Gasteiger partial charge < -0.3 is 24.8 Å². The van der Waals surface area contributed by atoms with Crippen molar-refractivity contribution in [2.75, 3.05) is 26.1 Å². The van der Waals surface area contributed by atoms with Crippen LogP contribution in [0.3, 0.4) is 0 Å². The molecule has 0 unspecified atom stereocenters. The average Bonchev–Trinajstić information content (AvgIpc) is 2.65. The zero-order valence-electron chi connectivity index (χ0n) is 14.6. The van der Waals surface area contributed by atoms with Gasteiger partial charge in [0.1, 0.15) is 17.2 Å². The number of rotatable bonds is 8. The van der Waals surface area contributed by atoms with Crippen molar-refractivity contribution >= 4 is 17.5 Å². The van der Waals surface area contributed by atoms with E-state index in [1.807, 2.05) is 0 Å². The minimum absolute atomic E-state index is 0.0870. The van der Waals surface area contributed by atoms with Crippen LogP contribution in [0, 0.1) is 0 Å². The van der Waals surface area contributed by atoms with E-state index < -0.39 is 18.4 Å². The maximum atomic E-state index is 12.2. The van der Waals surface area contributed by atoms with Gasteiger partial charge in [0.15, 0.2) is 0 Å². The first kappa shape index (κ1) is 20.0. The van der Waals surface area contributed by atoms with Crippen LogP contribution < -0.4 is 24.8 Å². The third-order valence-electron chi connectivity index (χ3n) is 3.37. The molecule has 0 radical (unpaired) electrons. The molecule has 7 nitrogen and oxygen atoms in total. The van der Waals surface area contributed by atoms with Crippen LogP contribution >= 0.6 is 0 Å². The molecule has 0 aliphatic carbocycles. The van der Waals surface area contributed by atoms with Crippen molar-refractivity contribution in [3.8, 4) is 17.2 Å². The van der Waals surface area contributed by atoms with Crippen molar-refractivity contribution in [3.63, 3.8) is 0 Å². The molecule has 2 rings (SSSR count). The summed E-state index contributed by atoms with van der Waals surface area (Å²) in [6, 6.07) is 10.1. The summed E-state index contributed by atoms with van der Waals surface area (Å²) in [4.78, 5) is 24.1. The standard InChI is InChI=1S/C18H18F2N2O5/c1-25-14-7-12(8-15(9-14)26-2)22-16(23)10-21-17(24)11-4-3-5-13(6-11)27-18(19)20/h3-9,18H,10H2,1-2H3,(H,21,24)(H,22,23). The number of halogens is 2. The normalized spacial score (nSPS) is 10.3. The third kappa shape index (κ3) is 6.14. The fraction of sp³-hybridized carbons (Fsp3) is 0.222. The number of alkyl halides is 2. The van der Waals surface area contributed by atoms with Crippen LogP contribution in [0.1, 0.15) is 10.4 Å². The molecule has 0 bridgehead atoms. The monoisotopic (exact) mass is 380 g/mol. The Kier molecular flexibility index (Phi) is 6.93. The van der Waals surface area contributed by atoms with E-state index in [0.29, 0.717) is 17.2 Å². The van der Waals surface area contributed by atoms with E-state index >= 15 is 0 Å². The van der Waals surface area contributed by atoms with E-state index in [2.05, 4.69) is 15.4 Å². The number of benzene rings is 2. The molecule has 0 saturated carbocycles. The summed E-state index contributed by atoms with van der Waals surface area (Å²) in [5.41, 5.74) is 0.516. The Morgan fingerprint density at radius 1 is 1.00 bits per heavy atom. The highest BCUT2D eigenvalue weighted by Crippen LogP contribution is 2.25. The number of hydrogen-bond donors (Lipinski definition) is 2. The molecule has 27 heavy (non-hydrogen) atoms. The van der Waals surface area contributed by atoms with Crippen molar-refractivity contribution in [1.82, 2.24) is 5.32 Å². The van der Waals surface area contributed by atoms with E-state index in [0.717, 1.165) is 6.07 Å². The molecule has 2 aromatic rings. The molecule has 0 heterocycles. The van der Waals surface area contributed by atoms with E-state index in [4.69, 9.17) is 9.47 Å². The fourth-order valence-electron chi connectivity index (χ4n) is 2.16. The lowest BCUT2D eigenvalue weighted by molar-refractivity contribution is -0.115. The van der Waals surface area contributed by atoms with Gasteiger partial charge in [-0.25, -0.2) is 0 Å². The predicted molar refractivity (Wildman–Crippen MR) is 93.6 cm³/mol. The fourth-order valence-corrected chi connectivity index (χ4v) is 2.16. The largest absolute Gasteiger partial charge is 0.497 e. The molecule has 0 aliphatic rings. The van der Waals surface area contributed by atoms with E-state index in [1.54, 1.807) is 18.2 Å². The average molecular weight is 380 g/mol.